The summed E-state index contributed by atoms with van der Waals surface area (Å²) in [6.07, 6.45) is 2.42. The van der Waals surface area contributed by atoms with Crippen molar-refractivity contribution in [2.24, 2.45) is 0 Å². The molecule has 0 saturated carbocycles. The lowest BCUT2D eigenvalue weighted by molar-refractivity contribution is 0.477. The van der Waals surface area contributed by atoms with E-state index in [0.717, 1.165) is 18.8 Å². The van der Waals surface area contributed by atoms with Crippen LogP contribution in [0.5, 0.6) is 5.75 Å². The fourth-order valence-electron chi connectivity index (χ4n) is 2.93. The van der Waals surface area contributed by atoms with E-state index in [2.05, 4.69) is 15.0 Å². The van der Waals surface area contributed by atoms with Crippen LogP contribution in [-0.4, -0.2) is 32.8 Å². The minimum atomic E-state index is 0.164. The number of benzene rings is 1. The molecular weight excluding hydrogens is 278 g/mol. The van der Waals surface area contributed by atoms with Gasteiger partial charge in [-0.25, -0.2) is 4.98 Å². The van der Waals surface area contributed by atoms with Gasteiger partial charge in [-0.1, -0.05) is 12.1 Å². The van der Waals surface area contributed by atoms with Crippen molar-refractivity contribution in [1.82, 2.24) is 14.6 Å². The summed E-state index contributed by atoms with van der Waals surface area (Å²) in [5.74, 6) is 1.19. The molecule has 22 heavy (non-hydrogen) atoms. The van der Waals surface area contributed by atoms with Gasteiger partial charge in [0.05, 0.1) is 5.56 Å². The van der Waals surface area contributed by atoms with Crippen LogP contribution in [0.1, 0.15) is 12.8 Å². The second kappa shape index (κ2) is 4.91. The summed E-state index contributed by atoms with van der Waals surface area (Å²) in [5.41, 5.74) is 8.51. The Morgan fingerprint density at radius 2 is 1.86 bits per heavy atom. The molecule has 1 saturated heterocycles. The minimum Gasteiger partial charge on any atom is -0.507 e. The maximum Gasteiger partial charge on any atom is 0.185 e. The monoisotopic (exact) mass is 295 g/mol. The Bertz CT molecular complexity index is 836. The standard InChI is InChI=1S/C16H17N5O/c17-14-9-11(20-7-3-4-8-20)10-15-18-16(19-21(14)15)12-5-1-2-6-13(12)22/h1-2,5-6,9-10,22H,3-4,7-8,17H2. The van der Waals surface area contributed by atoms with E-state index in [1.807, 2.05) is 18.2 Å². The topological polar surface area (TPSA) is 79.7 Å². The van der Waals surface area contributed by atoms with E-state index in [1.54, 1.807) is 22.7 Å². The zero-order chi connectivity index (χ0) is 15.1. The third-order valence-corrected chi connectivity index (χ3v) is 4.07. The fourth-order valence-corrected chi connectivity index (χ4v) is 2.93. The first-order chi connectivity index (χ1) is 10.7. The summed E-state index contributed by atoms with van der Waals surface area (Å²) in [5, 5.41) is 14.4. The number of aromatic hydroxyl groups is 1. The number of fused-ring (bicyclic) bond motifs is 1. The van der Waals surface area contributed by atoms with Gasteiger partial charge in [0, 0.05) is 30.9 Å². The van der Waals surface area contributed by atoms with Gasteiger partial charge in [0.15, 0.2) is 11.5 Å². The fraction of sp³-hybridized carbons (Fsp3) is 0.250. The van der Waals surface area contributed by atoms with Crippen LogP contribution in [-0.2, 0) is 0 Å². The highest BCUT2D eigenvalue weighted by molar-refractivity contribution is 5.69. The van der Waals surface area contributed by atoms with Gasteiger partial charge in [0.1, 0.15) is 11.6 Å². The lowest BCUT2D eigenvalue weighted by Crippen LogP contribution is -2.18. The molecule has 0 aliphatic carbocycles. The van der Waals surface area contributed by atoms with Crippen molar-refractivity contribution in [2.75, 3.05) is 23.7 Å². The SMILES string of the molecule is Nc1cc(N2CCCC2)cc2nc(-c3ccccc3O)nn12. The largest absolute Gasteiger partial charge is 0.507 e. The Kier molecular flexibility index (Phi) is 2.89. The zero-order valence-corrected chi connectivity index (χ0v) is 12.1. The Morgan fingerprint density at radius 1 is 1.09 bits per heavy atom. The van der Waals surface area contributed by atoms with Crippen molar-refractivity contribution < 1.29 is 5.11 Å². The van der Waals surface area contributed by atoms with Crippen LogP contribution < -0.4 is 10.6 Å². The number of rotatable bonds is 2. The van der Waals surface area contributed by atoms with Crippen molar-refractivity contribution in [3.05, 3.63) is 36.4 Å². The molecule has 3 N–H and O–H groups in total. The average molecular weight is 295 g/mol. The molecule has 1 fully saturated rings. The number of nitrogen functional groups attached to an aromatic ring is 1. The van der Waals surface area contributed by atoms with Gasteiger partial charge in [-0.05, 0) is 25.0 Å². The molecule has 0 unspecified atom stereocenters. The van der Waals surface area contributed by atoms with E-state index in [-0.39, 0.29) is 5.75 Å². The maximum absolute atomic E-state index is 9.96. The molecule has 0 spiro atoms. The van der Waals surface area contributed by atoms with Crippen molar-refractivity contribution in [2.45, 2.75) is 12.8 Å². The lowest BCUT2D eigenvalue weighted by atomic mass is 10.2. The molecule has 0 bridgehead atoms. The first-order valence-electron chi connectivity index (χ1n) is 7.42. The van der Waals surface area contributed by atoms with E-state index >= 15 is 0 Å². The van der Waals surface area contributed by atoms with Gasteiger partial charge in [-0.2, -0.15) is 4.52 Å². The molecule has 3 aromatic rings. The van der Waals surface area contributed by atoms with Gasteiger partial charge in [0.25, 0.3) is 0 Å². The molecule has 2 aromatic heterocycles. The van der Waals surface area contributed by atoms with Crippen molar-refractivity contribution in [1.29, 1.82) is 0 Å². The van der Waals surface area contributed by atoms with Crippen LogP contribution >= 0.6 is 0 Å². The average Bonchev–Trinajstić information content (AvgIpc) is 3.17. The van der Waals surface area contributed by atoms with E-state index in [4.69, 9.17) is 5.73 Å². The Morgan fingerprint density at radius 3 is 2.64 bits per heavy atom. The third-order valence-electron chi connectivity index (χ3n) is 4.07. The number of aromatic nitrogens is 3. The molecule has 0 amide bonds. The number of anilines is 2. The predicted molar refractivity (Wildman–Crippen MR) is 85.9 cm³/mol. The van der Waals surface area contributed by atoms with Crippen LogP contribution in [0.25, 0.3) is 17.0 Å². The molecule has 3 heterocycles. The maximum atomic E-state index is 9.96. The van der Waals surface area contributed by atoms with Crippen LogP contribution in [0.15, 0.2) is 36.4 Å². The van der Waals surface area contributed by atoms with Gasteiger partial charge < -0.3 is 15.7 Å². The quantitative estimate of drug-likeness (QED) is 0.758. The first-order valence-corrected chi connectivity index (χ1v) is 7.42. The summed E-state index contributed by atoms with van der Waals surface area (Å²) >= 11 is 0. The Hall–Kier alpha value is -2.76. The second-order valence-electron chi connectivity index (χ2n) is 5.56. The summed E-state index contributed by atoms with van der Waals surface area (Å²) in [6, 6.07) is 11.0. The molecule has 1 aliphatic rings. The van der Waals surface area contributed by atoms with Crippen molar-refractivity contribution in [3.8, 4) is 17.1 Å². The molecule has 112 valence electrons. The predicted octanol–water partition coefficient (Wildman–Crippen LogP) is 2.28. The minimum absolute atomic E-state index is 0.164. The third kappa shape index (κ3) is 2.04. The number of hydrogen-bond donors (Lipinski definition) is 2. The van der Waals surface area contributed by atoms with Gasteiger partial charge >= 0.3 is 0 Å². The number of pyridine rings is 1. The van der Waals surface area contributed by atoms with E-state index in [9.17, 15) is 5.11 Å². The zero-order valence-electron chi connectivity index (χ0n) is 12.1. The van der Waals surface area contributed by atoms with Crippen LogP contribution in [0, 0.1) is 0 Å². The number of hydrogen-bond acceptors (Lipinski definition) is 5. The molecule has 1 aliphatic heterocycles. The van der Waals surface area contributed by atoms with Crippen molar-refractivity contribution >= 4 is 17.2 Å². The van der Waals surface area contributed by atoms with Crippen LogP contribution in [0.2, 0.25) is 0 Å². The van der Waals surface area contributed by atoms with Gasteiger partial charge in [-0.3, -0.25) is 0 Å². The van der Waals surface area contributed by atoms with Crippen LogP contribution in [0.3, 0.4) is 0 Å². The van der Waals surface area contributed by atoms with E-state index in [1.165, 1.54) is 12.8 Å². The number of nitrogens with two attached hydrogens (primary N) is 1. The highest BCUT2D eigenvalue weighted by Crippen LogP contribution is 2.29. The highest BCUT2D eigenvalue weighted by atomic mass is 16.3. The molecule has 0 atom stereocenters. The molecule has 4 rings (SSSR count). The van der Waals surface area contributed by atoms with Crippen molar-refractivity contribution in [3.63, 3.8) is 0 Å². The summed E-state index contributed by atoms with van der Waals surface area (Å²) < 4.78 is 1.61. The summed E-state index contributed by atoms with van der Waals surface area (Å²) in [4.78, 5) is 6.83. The molecule has 6 heteroatoms. The van der Waals surface area contributed by atoms with Gasteiger partial charge in [-0.15, -0.1) is 5.10 Å². The smallest absolute Gasteiger partial charge is 0.185 e. The van der Waals surface area contributed by atoms with E-state index in [0.29, 0.717) is 22.9 Å². The second-order valence-corrected chi connectivity index (χ2v) is 5.56. The molecule has 0 radical (unpaired) electrons. The lowest BCUT2D eigenvalue weighted by Gasteiger charge is -2.17. The van der Waals surface area contributed by atoms with Crippen LogP contribution in [0.4, 0.5) is 11.5 Å². The molecule has 1 aromatic carbocycles. The normalized spacial score (nSPS) is 14.8. The number of phenolic OH excluding ortho intramolecular Hbond substituents is 1. The Labute approximate surface area is 127 Å². The number of phenols is 1. The summed E-state index contributed by atoms with van der Waals surface area (Å²) in [7, 11) is 0. The van der Waals surface area contributed by atoms with E-state index < -0.39 is 0 Å². The first kappa shape index (κ1) is 12.9. The Balaban J connectivity index is 1.83. The highest BCUT2D eigenvalue weighted by Gasteiger charge is 2.16. The summed E-state index contributed by atoms with van der Waals surface area (Å²) in [6.45, 7) is 2.10. The van der Waals surface area contributed by atoms with Gasteiger partial charge in [0.2, 0.25) is 0 Å². The number of para-hydroxylation sites is 1. The number of nitrogens with zero attached hydrogens (tertiary/aromatic N) is 4. The molecular formula is C16H17N5O. The molecule has 6 nitrogen and oxygen atoms in total.